The molecule has 3 aromatic carbocycles. The standard InChI is InChI=1S/C22H19F3N4O4S/c23-18-17(13-6-1-2-7-15(13)26)14(8-9-16(30)31)21(20(25)19(18)24)34(32,33)12-5-3-4-11(10-12)29-22(27)28/h1-7,10H,8-9,26H2,(H,30,31)(H4,27,28,29). The monoisotopic (exact) mass is 492 g/mol. The lowest BCUT2D eigenvalue weighted by Crippen LogP contribution is -2.20. The summed E-state index contributed by atoms with van der Waals surface area (Å²) in [5.74, 6) is -7.60. The van der Waals surface area contributed by atoms with Crippen LogP contribution in [0.3, 0.4) is 0 Å². The van der Waals surface area contributed by atoms with Gasteiger partial charge < -0.3 is 21.9 Å². The molecule has 0 unspecified atom stereocenters. The first-order chi connectivity index (χ1) is 15.9. The quantitative estimate of drug-likeness (QED) is 0.111. The predicted molar refractivity (Wildman–Crippen MR) is 120 cm³/mol. The van der Waals surface area contributed by atoms with Gasteiger partial charge in [-0.05, 0) is 36.2 Å². The molecule has 12 heteroatoms. The third-order valence-corrected chi connectivity index (χ3v) is 6.73. The van der Waals surface area contributed by atoms with Gasteiger partial charge >= 0.3 is 5.97 Å². The van der Waals surface area contributed by atoms with E-state index >= 15 is 8.78 Å². The fraction of sp³-hybridized carbons (Fsp3) is 0.0909. The molecule has 0 amide bonds. The van der Waals surface area contributed by atoms with Crippen molar-refractivity contribution in [2.75, 3.05) is 11.1 Å². The van der Waals surface area contributed by atoms with E-state index in [-0.39, 0.29) is 16.9 Å². The summed E-state index contributed by atoms with van der Waals surface area (Å²) in [6.07, 6.45) is -1.33. The Kier molecular flexibility index (Phi) is 6.82. The van der Waals surface area contributed by atoms with Crippen LogP contribution in [0.4, 0.5) is 24.5 Å². The van der Waals surface area contributed by atoms with Crippen molar-refractivity contribution in [2.24, 2.45) is 5.73 Å². The number of nitrogens with two attached hydrogens (primary N) is 2. The van der Waals surface area contributed by atoms with Crippen molar-refractivity contribution in [3.05, 3.63) is 71.5 Å². The summed E-state index contributed by atoms with van der Waals surface area (Å²) in [5, 5.41) is 18.8. The summed E-state index contributed by atoms with van der Waals surface area (Å²) >= 11 is 0. The average molecular weight is 492 g/mol. The van der Waals surface area contributed by atoms with Crippen LogP contribution in [-0.4, -0.2) is 25.5 Å². The normalized spacial score (nSPS) is 11.3. The van der Waals surface area contributed by atoms with Crippen molar-refractivity contribution in [3.8, 4) is 11.1 Å². The first-order valence-electron chi connectivity index (χ1n) is 9.67. The molecule has 0 spiro atoms. The highest BCUT2D eigenvalue weighted by Gasteiger charge is 2.34. The number of guanidine groups is 1. The van der Waals surface area contributed by atoms with Gasteiger partial charge in [-0.15, -0.1) is 0 Å². The van der Waals surface area contributed by atoms with Crippen LogP contribution in [0.1, 0.15) is 12.0 Å². The largest absolute Gasteiger partial charge is 0.481 e. The van der Waals surface area contributed by atoms with Gasteiger partial charge in [0.1, 0.15) is 4.90 Å². The molecular weight excluding hydrogens is 473 g/mol. The number of para-hydroxylation sites is 1. The molecular formula is C22H19F3N4O4S. The lowest BCUT2D eigenvalue weighted by Gasteiger charge is -2.19. The molecule has 0 heterocycles. The molecule has 0 aliphatic carbocycles. The summed E-state index contributed by atoms with van der Waals surface area (Å²) in [4.78, 5) is 9.50. The van der Waals surface area contributed by atoms with Gasteiger partial charge in [-0.25, -0.2) is 21.6 Å². The minimum absolute atomic E-state index is 0.0556. The summed E-state index contributed by atoms with van der Waals surface area (Å²) in [6.45, 7) is 0. The molecule has 0 aromatic heterocycles. The second kappa shape index (κ2) is 9.43. The van der Waals surface area contributed by atoms with E-state index in [9.17, 15) is 17.6 Å². The molecule has 0 aliphatic heterocycles. The number of sulfone groups is 1. The van der Waals surface area contributed by atoms with Gasteiger partial charge in [-0.2, -0.15) is 0 Å². The van der Waals surface area contributed by atoms with Crippen molar-refractivity contribution >= 4 is 33.1 Å². The van der Waals surface area contributed by atoms with Crippen LogP contribution < -0.4 is 16.8 Å². The van der Waals surface area contributed by atoms with Crippen LogP contribution in [0.25, 0.3) is 11.1 Å². The van der Waals surface area contributed by atoms with Gasteiger partial charge in [0.05, 0.1) is 4.90 Å². The Hall–Kier alpha value is -4.06. The maximum atomic E-state index is 15.1. The minimum atomic E-state index is -4.86. The molecule has 34 heavy (non-hydrogen) atoms. The number of carboxylic acids is 1. The minimum Gasteiger partial charge on any atom is -0.481 e. The number of carbonyl (C=O) groups is 1. The number of halogens is 3. The van der Waals surface area contributed by atoms with Crippen LogP contribution in [-0.2, 0) is 21.1 Å². The average Bonchev–Trinajstić information content (AvgIpc) is 2.76. The Balaban J connectivity index is 2.39. The second-order valence-corrected chi connectivity index (χ2v) is 9.06. The zero-order valence-electron chi connectivity index (χ0n) is 17.4. The van der Waals surface area contributed by atoms with E-state index in [4.69, 9.17) is 22.0 Å². The molecule has 0 bridgehead atoms. The number of nitrogen functional groups attached to an aromatic ring is 1. The Morgan fingerprint density at radius 3 is 2.32 bits per heavy atom. The summed E-state index contributed by atoms with van der Waals surface area (Å²) in [5.41, 5.74) is 9.81. The fourth-order valence-electron chi connectivity index (χ4n) is 3.45. The van der Waals surface area contributed by atoms with Gasteiger partial charge in [-0.3, -0.25) is 10.2 Å². The smallest absolute Gasteiger partial charge is 0.303 e. The third-order valence-electron chi connectivity index (χ3n) is 4.89. The first-order valence-corrected chi connectivity index (χ1v) is 11.2. The van der Waals surface area contributed by atoms with Gasteiger partial charge in [-0.1, -0.05) is 24.3 Å². The highest BCUT2D eigenvalue weighted by Crippen LogP contribution is 2.40. The maximum absolute atomic E-state index is 15.1. The van der Waals surface area contributed by atoms with Crippen molar-refractivity contribution in [1.82, 2.24) is 0 Å². The highest BCUT2D eigenvalue weighted by molar-refractivity contribution is 7.91. The SMILES string of the molecule is N=C(N)Nc1cccc(S(=O)(=O)c2c(F)c(F)c(F)c(-c3ccccc3N)c2CCC(=O)O)c1. The van der Waals surface area contributed by atoms with Crippen LogP contribution in [0, 0.1) is 22.9 Å². The Morgan fingerprint density at radius 1 is 1.03 bits per heavy atom. The Morgan fingerprint density at radius 2 is 1.71 bits per heavy atom. The number of nitrogens with one attached hydrogen (secondary N) is 2. The van der Waals surface area contributed by atoms with Crippen LogP contribution in [0.5, 0.6) is 0 Å². The second-order valence-electron chi connectivity index (χ2n) is 7.18. The van der Waals surface area contributed by atoms with Crippen molar-refractivity contribution in [2.45, 2.75) is 22.6 Å². The number of aliphatic carboxylic acids is 1. The summed E-state index contributed by atoms with van der Waals surface area (Å²) in [7, 11) is -4.86. The molecule has 8 nitrogen and oxygen atoms in total. The van der Waals surface area contributed by atoms with Crippen LogP contribution in [0.2, 0.25) is 0 Å². The molecule has 0 fully saturated rings. The predicted octanol–water partition coefficient (Wildman–Crippen LogP) is 3.51. The molecule has 7 N–H and O–H groups in total. The molecule has 0 atom stereocenters. The van der Waals surface area contributed by atoms with Crippen LogP contribution in [0.15, 0.2) is 58.3 Å². The summed E-state index contributed by atoms with van der Waals surface area (Å²) < 4.78 is 71.8. The summed E-state index contributed by atoms with van der Waals surface area (Å²) in [6, 6.07) is 10.3. The van der Waals surface area contributed by atoms with E-state index in [2.05, 4.69) is 5.32 Å². The molecule has 0 saturated heterocycles. The van der Waals surface area contributed by atoms with Gasteiger partial charge in [0.15, 0.2) is 23.4 Å². The maximum Gasteiger partial charge on any atom is 0.303 e. The molecule has 3 rings (SSSR count). The first kappa shape index (κ1) is 24.6. The Labute approximate surface area is 192 Å². The molecule has 3 aromatic rings. The lowest BCUT2D eigenvalue weighted by molar-refractivity contribution is -0.136. The number of hydrogen-bond donors (Lipinski definition) is 5. The highest BCUT2D eigenvalue weighted by atomic mass is 32.2. The topological polar surface area (TPSA) is 159 Å². The third kappa shape index (κ3) is 4.66. The van der Waals surface area contributed by atoms with E-state index < -0.39 is 73.0 Å². The van der Waals surface area contributed by atoms with Gasteiger partial charge in [0, 0.05) is 28.9 Å². The number of anilines is 2. The zero-order valence-corrected chi connectivity index (χ0v) is 18.2. The van der Waals surface area contributed by atoms with Crippen molar-refractivity contribution in [1.29, 1.82) is 5.41 Å². The fourth-order valence-corrected chi connectivity index (χ4v) is 5.08. The number of hydrogen-bond acceptors (Lipinski definition) is 5. The molecule has 0 aliphatic rings. The van der Waals surface area contributed by atoms with E-state index in [1.807, 2.05) is 0 Å². The molecule has 0 saturated carbocycles. The number of rotatable bonds is 7. The van der Waals surface area contributed by atoms with E-state index in [1.54, 1.807) is 0 Å². The van der Waals surface area contributed by atoms with Crippen LogP contribution >= 0.6 is 0 Å². The van der Waals surface area contributed by atoms with Crippen molar-refractivity contribution in [3.63, 3.8) is 0 Å². The molecule has 178 valence electrons. The van der Waals surface area contributed by atoms with E-state index in [1.165, 1.54) is 36.4 Å². The molecule has 0 radical (unpaired) electrons. The van der Waals surface area contributed by atoms with E-state index in [0.717, 1.165) is 12.1 Å². The van der Waals surface area contributed by atoms with E-state index in [0.29, 0.717) is 0 Å². The zero-order chi connectivity index (χ0) is 25.2. The van der Waals surface area contributed by atoms with Gasteiger partial charge in [0.2, 0.25) is 9.84 Å². The lowest BCUT2D eigenvalue weighted by atomic mass is 9.94. The van der Waals surface area contributed by atoms with Crippen molar-refractivity contribution < 1.29 is 31.5 Å². The number of carboxylic acid groups (broad SMARTS) is 1. The Bertz CT molecular complexity index is 1410. The number of benzene rings is 3. The van der Waals surface area contributed by atoms with Gasteiger partial charge in [0.25, 0.3) is 0 Å².